The first-order valence-electron chi connectivity index (χ1n) is 8.39. The van der Waals surface area contributed by atoms with Gasteiger partial charge in [0, 0.05) is 19.6 Å². The molecule has 132 valence electrons. The summed E-state index contributed by atoms with van der Waals surface area (Å²) in [6.07, 6.45) is 0.256. The van der Waals surface area contributed by atoms with Crippen molar-refractivity contribution in [1.82, 2.24) is 9.80 Å². The van der Waals surface area contributed by atoms with Gasteiger partial charge in [-0.25, -0.2) is 0 Å². The summed E-state index contributed by atoms with van der Waals surface area (Å²) in [7, 11) is 0. The Morgan fingerprint density at radius 3 is 2.52 bits per heavy atom. The first kappa shape index (κ1) is 17.4. The normalized spacial score (nSPS) is 17.8. The van der Waals surface area contributed by atoms with Gasteiger partial charge in [0.15, 0.2) is 0 Å². The van der Waals surface area contributed by atoms with E-state index < -0.39 is 12.6 Å². The molecule has 2 N–H and O–H groups in total. The molecule has 25 heavy (non-hydrogen) atoms. The van der Waals surface area contributed by atoms with E-state index in [-0.39, 0.29) is 31.4 Å². The molecule has 0 saturated carbocycles. The molecule has 2 amide bonds. The number of hydrogen-bond acceptors (Lipinski definition) is 4. The minimum Gasteiger partial charge on any atom is -0.394 e. The van der Waals surface area contributed by atoms with Crippen LogP contribution in [0.2, 0.25) is 0 Å². The molecule has 1 atom stereocenters. The van der Waals surface area contributed by atoms with Crippen molar-refractivity contribution >= 4 is 22.6 Å². The van der Waals surface area contributed by atoms with Gasteiger partial charge in [0.1, 0.15) is 6.61 Å². The van der Waals surface area contributed by atoms with Crippen molar-refractivity contribution in [1.29, 1.82) is 0 Å². The molecule has 2 aromatic rings. The molecule has 1 fully saturated rings. The van der Waals surface area contributed by atoms with E-state index in [1.165, 1.54) is 4.90 Å². The molecule has 3 rings (SSSR count). The van der Waals surface area contributed by atoms with Gasteiger partial charge in [-0.1, -0.05) is 42.5 Å². The van der Waals surface area contributed by atoms with Crippen LogP contribution in [0, 0.1) is 0 Å². The Morgan fingerprint density at radius 2 is 1.76 bits per heavy atom. The maximum absolute atomic E-state index is 12.8. The third kappa shape index (κ3) is 3.65. The highest BCUT2D eigenvalue weighted by Gasteiger charge is 2.31. The minimum absolute atomic E-state index is 0.0634. The van der Waals surface area contributed by atoms with Crippen molar-refractivity contribution in [2.45, 2.75) is 12.5 Å². The van der Waals surface area contributed by atoms with E-state index in [4.69, 9.17) is 5.11 Å². The Balaban J connectivity index is 1.75. The summed E-state index contributed by atoms with van der Waals surface area (Å²) in [6, 6.07) is 13.4. The summed E-state index contributed by atoms with van der Waals surface area (Å²) >= 11 is 0. The SMILES string of the molecule is O=C(CO)N1CCN(C(=O)Cc2cccc3ccccc23)C(CO)C1. The topological polar surface area (TPSA) is 81.1 Å². The molecule has 2 aromatic carbocycles. The third-order valence-electron chi connectivity index (χ3n) is 4.72. The maximum atomic E-state index is 12.8. The predicted octanol–water partition coefficient (Wildman–Crippen LogP) is 0.406. The number of carbonyl (C=O) groups excluding carboxylic acids is 2. The van der Waals surface area contributed by atoms with E-state index in [2.05, 4.69) is 0 Å². The molecule has 1 unspecified atom stereocenters. The van der Waals surface area contributed by atoms with Gasteiger partial charge in [0.2, 0.25) is 11.8 Å². The highest BCUT2D eigenvalue weighted by molar-refractivity contribution is 5.90. The van der Waals surface area contributed by atoms with Gasteiger partial charge in [-0.2, -0.15) is 0 Å². The molecule has 6 heteroatoms. The summed E-state index contributed by atoms with van der Waals surface area (Å²) in [6.45, 7) is 0.216. The van der Waals surface area contributed by atoms with Gasteiger partial charge in [0.25, 0.3) is 0 Å². The van der Waals surface area contributed by atoms with Crippen molar-refractivity contribution < 1.29 is 19.8 Å². The average Bonchev–Trinajstić information content (AvgIpc) is 2.67. The van der Waals surface area contributed by atoms with E-state index in [1.807, 2.05) is 42.5 Å². The summed E-state index contributed by atoms with van der Waals surface area (Å²) in [5.74, 6) is -0.439. The van der Waals surface area contributed by atoms with Crippen molar-refractivity contribution in [3.63, 3.8) is 0 Å². The van der Waals surface area contributed by atoms with Crippen molar-refractivity contribution in [3.8, 4) is 0 Å². The molecule has 1 aliphatic rings. The number of carbonyl (C=O) groups is 2. The van der Waals surface area contributed by atoms with Gasteiger partial charge >= 0.3 is 0 Å². The van der Waals surface area contributed by atoms with Gasteiger partial charge in [-0.3, -0.25) is 9.59 Å². The van der Waals surface area contributed by atoms with Crippen LogP contribution in [0.3, 0.4) is 0 Å². The number of aliphatic hydroxyl groups is 2. The van der Waals surface area contributed by atoms with Crippen LogP contribution in [0.1, 0.15) is 5.56 Å². The molecular formula is C19H22N2O4. The van der Waals surface area contributed by atoms with Crippen LogP contribution in [-0.2, 0) is 16.0 Å². The van der Waals surface area contributed by atoms with Crippen LogP contribution in [0.4, 0.5) is 0 Å². The highest BCUT2D eigenvalue weighted by Crippen LogP contribution is 2.20. The fourth-order valence-corrected chi connectivity index (χ4v) is 3.38. The Bertz CT molecular complexity index is 772. The number of rotatable bonds is 4. The largest absolute Gasteiger partial charge is 0.394 e. The standard InChI is InChI=1S/C19H22N2O4/c22-12-16-11-20(19(25)13-23)8-9-21(16)18(24)10-15-6-3-5-14-4-1-2-7-17(14)15/h1-7,16,22-23H,8-13H2. The average molecular weight is 342 g/mol. The molecule has 0 aliphatic carbocycles. The summed E-state index contributed by atoms with van der Waals surface area (Å²) in [5.41, 5.74) is 0.952. The zero-order chi connectivity index (χ0) is 17.8. The van der Waals surface area contributed by atoms with Gasteiger partial charge in [0.05, 0.1) is 19.1 Å². The van der Waals surface area contributed by atoms with Crippen LogP contribution in [-0.4, -0.2) is 70.7 Å². The molecule has 6 nitrogen and oxygen atoms in total. The van der Waals surface area contributed by atoms with E-state index in [1.54, 1.807) is 4.90 Å². The highest BCUT2D eigenvalue weighted by atomic mass is 16.3. The van der Waals surface area contributed by atoms with Gasteiger partial charge in [-0.05, 0) is 16.3 Å². The van der Waals surface area contributed by atoms with Crippen LogP contribution in [0.25, 0.3) is 10.8 Å². The lowest BCUT2D eigenvalue weighted by molar-refractivity contribution is -0.145. The molecule has 0 aromatic heterocycles. The van der Waals surface area contributed by atoms with E-state index in [9.17, 15) is 14.7 Å². The number of amides is 2. The summed E-state index contributed by atoms with van der Waals surface area (Å²) in [4.78, 5) is 27.6. The number of aliphatic hydroxyl groups excluding tert-OH is 2. The van der Waals surface area contributed by atoms with E-state index >= 15 is 0 Å². The number of fused-ring (bicyclic) bond motifs is 1. The Hall–Kier alpha value is -2.44. The fraction of sp³-hybridized carbons (Fsp3) is 0.368. The summed E-state index contributed by atoms with van der Waals surface area (Å²) < 4.78 is 0. The number of nitrogens with zero attached hydrogens (tertiary/aromatic N) is 2. The van der Waals surface area contributed by atoms with Crippen molar-refractivity contribution in [2.24, 2.45) is 0 Å². The number of hydrogen-bond donors (Lipinski definition) is 2. The van der Waals surface area contributed by atoms with Crippen molar-refractivity contribution in [2.75, 3.05) is 32.8 Å². The number of benzene rings is 2. The van der Waals surface area contributed by atoms with Crippen molar-refractivity contribution in [3.05, 3.63) is 48.0 Å². The smallest absolute Gasteiger partial charge is 0.248 e. The molecule has 0 spiro atoms. The lowest BCUT2D eigenvalue weighted by Crippen LogP contribution is -2.58. The second kappa shape index (κ2) is 7.63. The molecular weight excluding hydrogens is 320 g/mol. The molecule has 0 radical (unpaired) electrons. The first-order chi connectivity index (χ1) is 12.1. The lowest BCUT2D eigenvalue weighted by atomic mass is 10.0. The second-order valence-electron chi connectivity index (χ2n) is 6.24. The van der Waals surface area contributed by atoms with Gasteiger partial charge < -0.3 is 20.0 Å². The second-order valence-corrected chi connectivity index (χ2v) is 6.24. The van der Waals surface area contributed by atoms with Crippen LogP contribution in [0.15, 0.2) is 42.5 Å². The minimum atomic E-state index is -0.553. The third-order valence-corrected chi connectivity index (χ3v) is 4.72. The molecule has 1 saturated heterocycles. The zero-order valence-corrected chi connectivity index (χ0v) is 14.0. The Labute approximate surface area is 146 Å². The monoisotopic (exact) mass is 342 g/mol. The predicted molar refractivity (Wildman–Crippen MR) is 93.9 cm³/mol. The first-order valence-corrected chi connectivity index (χ1v) is 8.39. The van der Waals surface area contributed by atoms with E-state index in [0.29, 0.717) is 13.1 Å². The van der Waals surface area contributed by atoms with Crippen LogP contribution < -0.4 is 0 Å². The molecule has 0 bridgehead atoms. The van der Waals surface area contributed by atoms with Gasteiger partial charge in [-0.15, -0.1) is 0 Å². The van der Waals surface area contributed by atoms with E-state index in [0.717, 1.165) is 16.3 Å². The van der Waals surface area contributed by atoms with Crippen LogP contribution in [0.5, 0.6) is 0 Å². The molecule has 1 aliphatic heterocycles. The quantitative estimate of drug-likeness (QED) is 0.843. The molecule has 1 heterocycles. The lowest BCUT2D eigenvalue weighted by Gasteiger charge is -2.40. The summed E-state index contributed by atoms with van der Waals surface area (Å²) in [5, 5.41) is 20.7. The zero-order valence-electron chi connectivity index (χ0n) is 14.0. The number of piperazine rings is 1. The Kier molecular flexibility index (Phi) is 5.31. The fourth-order valence-electron chi connectivity index (χ4n) is 3.38. The maximum Gasteiger partial charge on any atom is 0.248 e. The van der Waals surface area contributed by atoms with Crippen LogP contribution >= 0.6 is 0 Å². The Morgan fingerprint density at radius 1 is 1.00 bits per heavy atom.